The van der Waals surface area contributed by atoms with Crippen LogP contribution in [0.5, 0.6) is 5.75 Å². The van der Waals surface area contributed by atoms with Crippen molar-refractivity contribution >= 4 is 23.6 Å². The topological polar surface area (TPSA) is 108 Å². The van der Waals surface area contributed by atoms with Crippen molar-refractivity contribution in [1.82, 2.24) is 20.4 Å². The molecule has 0 aromatic heterocycles. The van der Waals surface area contributed by atoms with Crippen LogP contribution in [0.15, 0.2) is 42.5 Å². The van der Waals surface area contributed by atoms with Crippen molar-refractivity contribution in [3.05, 3.63) is 64.7 Å². The van der Waals surface area contributed by atoms with Crippen molar-refractivity contribution in [2.75, 3.05) is 19.6 Å². The number of imide groups is 2. The van der Waals surface area contributed by atoms with Crippen molar-refractivity contribution in [1.29, 1.82) is 0 Å². The van der Waals surface area contributed by atoms with Crippen LogP contribution >= 0.6 is 0 Å². The Kier molecular flexibility index (Phi) is 4.79. The van der Waals surface area contributed by atoms with Gasteiger partial charge in [-0.1, -0.05) is 30.3 Å². The van der Waals surface area contributed by atoms with Gasteiger partial charge >= 0.3 is 0 Å². The zero-order valence-electron chi connectivity index (χ0n) is 18.5. The molecule has 2 fully saturated rings. The van der Waals surface area contributed by atoms with Gasteiger partial charge in [-0.2, -0.15) is 0 Å². The first-order valence-electron chi connectivity index (χ1n) is 11.5. The number of benzene rings is 2. The van der Waals surface area contributed by atoms with Gasteiger partial charge in [0.25, 0.3) is 11.8 Å². The summed E-state index contributed by atoms with van der Waals surface area (Å²) in [7, 11) is 0. The SMILES string of the molecule is O=C1CCC(N2C(=O)c3cccc(CN4Cc5ccccc5OC5(CNC5)C4)c3C2=O)C(=O)N1. The van der Waals surface area contributed by atoms with Crippen LogP contribution in [-0.2, 0) is 22.7 Å². The highest BCUT2D eigenvalue weighted by Gasteiger charge is 2.46. The molecular weight excluding hydrogens is 436 g/mol. The van der Waals surface area contributed by atoms with Gasteiger partial charge < -0.3 is 10.1 Å². The highest BCUT2D eigenvalue weighted by atomic mass is 16.5. The molecule has 34 heavy (non-hydrogen) atoms. The van der Waals surface area contributed by atoms with E-state index in [9.17, 15) is 19.2 Å². The number of ether oxygens (including phenoxy) is 1. The number of nitrogens with one attached hydrogen (secondary N) is 2. The third kappa shape index (κ3) is 3.31. The molecule has 4 aliphatic heterocycles. The Morgan fingerprint density at radius 3 is 2.59 bits per heavy atom. The van der Waals surface area contributed by atoms with E-state index in [4.69, 9.17) is 4.74 Å². The first kappa shape index (κ1) is 21.0. The molecule has 2 aromatic carbocycles. The lowest BCUT2D eigenvalue weighted by Crippen LogP contribution is -2.67. The average Bonchev–Trinajstić information content (AvgIpc) is 2.94. The molecule has 4 aliphatic rings. The summed E-state index contributed by atoms with van der Waals surface area (Å²) in [6.07, 6.45) is 0.237. The predicted octanol–water partition coefficient (Wildman–Crippen LogP) is 0.824. The molecule has 9 heteroatoms. The molecule has 2 N–H and O–H groups in total. The van der Waals surface area contributed by atoms with Crippen molar-refractivity contribution in [3.63, 3.8) is 0 Å². The number of amides is 4. The molecule has 0 bridgehead atoms. The summed E-state index contributed by atoms with van der Waals surface area (Å²) < 4.78 is 6.39. The summed E-state index contributed by atoms with van der Waals surface area (Å²) in [6.45, 7) is 3.28. The number of fused-ring (bicyclic) bond motifs is 2. The summed E-state index contributed by atoms with van der Waals surface area (Å²) in [6, 6.07) is 12.3. The molecular formula is C25H24N4O5. The molecule has 0 radical (unpaired) electrons. The maximum absolute atomic E-state index is 13.4. The number of para-hydroxylation sites is 1. The van der Waals surface area contributed by atoms with Gasteiger partial charge in [0.2, 0.25) is 11.8 Å². The monoisotopic (exact) mass is 460 g/mol. The van der Waals surface area contributed by atoms with Crippen LogP contribution in [0.2, 0.25) is 0 Å². The quantitative estimate of drug-likeness (QED) is 0.653. The average molecular weight is 460 g/mol. The van der Waals surface area contributed by atoms with E-state index in [-0.39, 0.29) is 24.3 Å². The molecule has 9 nitrogen and oxygen atoms in total. The predicted molar refractivity (Wildman–Crippen MR) is 120 cm³/mol. The summed E-state index contributed by atoms with van der Waals surface area (Å²) in [5.74, 6) is -1.08. The standard InChI is InChI=1S/C25H24N4O5/c30-20-9-8-18(22(31)27-20)29-23(32)17-6-3-5-16(21(17)24(29)33)11-28-10-15-4-1-2-7-19(15)34-25(14-28)12-26-13-25/h1-7,18,26H,8-14H2,(H,27,30,31). The molecule has 174 valence electrons. The maximum atomic E-state index is 13.4. The zero-order chi connectivity index (χ0) is 23.4. The van der Waals surface area contributed by atoms with Crippen LogP contribution in [-0.4, -0.2) is 64.7 Å². The molecule has 0 saturated carbocycles. The Balaban J connectivity index is 1.31. The maximum Gasteiger partial charge on any atom is 0.262 e. The smallest absolute Gasteiger partial charge is 0.262 e. The second-order valence-corrected chi connectivity index (χ2v) is 9.43. The van der Waals surface area contributed by atoms with Gasteiger partial charge in [0.15, 0.2) is 0 Å². The fourth-order valence-corrected chi connectivity index (χ4v) is 5.36. The first-order valence-corrected chi connectivity index (χ1v) is 11.5. The first-order chi connectivity index (χ1) is 16.4. The molecule has 4 heterocycles. The van der Waals surface area contributed by atoms with Gasteiger partial charge in [-0.15, -0.1) is 0 Å². The second-order valence-electron chi connectivity index (χ2n) is 9.43. The van der Waals surface area contributed by atoms with Gasteiger partial charge in [-0.3, -0.25) is 34.3 Å². The lowest BCUT2D eigenvalue weighted by Gasteiger charge is -2.43. The summed E-state index contributed by atoms with van der Waals surface area (Å²) in [4.78, 5) is 53.8. The van der Waals surface area contributed by atoms with Crippen LogP contribution in [0.3, 0.4) is 0 Å². The third-order valence-corrected chi connectivity index (χ3v) is 7.05. The molecule has 2 aromatic rings. The molecule has 4 amide bonds. The van der Waals surface area contributed by atoms with Gasteiger partial charge in [0, 0.05) is 44.7 Å². The number of hydrogen-bond acceptors (Lipinski definition) is 7. The molecule has 2 saturated heterocycles. The Hall–Kier alpha value is -3.56. The minimum atomic E-state index is -0.972. The van der Waals surface area contributed by atoms with Crippen LogP contribution in [0.4, 0.5) is 0 Å². The Labute approximate surface area is 196 Å². The highest BCUT2D eigenvalue weighted by Crippen LogP contribution is 2.34. The lowest BCUT2D eigenvalue weighted by molar-refractivity contribution is -0.136. The lowest BCUT2D eigenvalue weighted by atomic mass is 9.95. The van der Waals surface area contributed by atoms with Gasteiger partial charge in [-0.05, 0) is 24.1 Å². The fourth-order valence-electron chi connectivity index (χ4n) is 5.36. The van der Waals surface area contributed by atoms with E-state index in [1.54, 1.807) is 12.1 Å². The normalized spacial score (nSPS) is 23.6. The molecule has 1 unspecified atom stereocenters. The number of nitrogens with zero attached hydrogens (tertiary/aromatic N) is 2. The van der Waals surface area contributed by atoms with Gasteiger partial charge in [0.05, 0.1) is 11.1 Å². The van der Waals surface area contributed by atoms with Crippen molar-refractivity contribution < 1.29 is 23.9 Å². The fraction of sp³-hybridized carbons (Fsp3) is 0.360. The minimum absolute atomic E-state index is 0.0972. The summed E-state index contributed by atoms with van der Waals surface area (Å²) in [5, 5.41) is 5.54. The van der Waals surface area contributed by atoms with Crippen LogP contribution in [0.1, 0.15) is 44.7 Å². The van der Waals surface area contributed by atoms with Gasteiger partial charge in [0.1, 0.15) is 17.4 Å². The molecule has 6 rings (SSSR count). The zero-order valence-corrected chi connectivity index (χ0v) is 18.5. The summed E-state index contributed by atoms with van der Waals surface area (Å²) >= 11 is 0. The number of hydrogen-bond donors (Lipinski definition) is 2. The van der Waals surface area contributed by atoms with Crippen LogP contribution in [0.25, 0.3) is 0 Å². The Morgan fingerprint density at radius 2 is 1.82 bits per heavy atom. The third-order valence-electron chi connectivity index (χ3n) is 7.05. The Morgan fingerprint density at radius 1 is 1.00 bits per heavy atom. The number of rotatable bonds is 3. The highest BCUT2D eigenvalue weighted by molar-refractivity contribution is 6.24. The Bertz CT molecular complexity index is 1240. The largest absolute Gasteiger partial charge is 0.483 e. The van der Waals surface area contributed by atoms with E-state index in [1.807, 2.05) is 30.3 Å². The van der Waals surface area contributed by atoms with Crippen LogP contribution in [0, 0.1) is 0 Å². The molecule has 1 atom stereocenters. The van der Waals surface area contributed by atoms with Crippen molar-refractivity contribution in [3.8, 4) is 5.75 Å². The van der Waals surface area contributed by atoms with E-state index < -0.39 is 23.8 Å². The summed E-state index contributed by atoms with van der Waals surface area (Å²) in [5.41, 5.74) is 2.14. The van der Waals surface area contributed by atoms with E-state index in [0.717, 1.165) is 34.9 Å². The van der Waals surface area contributed by atoms with E-state index in [2.05, 4.69) is 15.5 Å². The number of carbonyl (C=O) groups excluding carboxylic acids is 4. The van der Waals surface area contributed by atoms with E-state index in [1.165, 1.54) is 0 Å². The number of carbonyl (C=O) groups is 4. The second kappa shape index (κ2) is 7.75. The minimum Gasteiger partial charge on any atom is -0.483 e. The van der Waals surface area contributed by atoms with E-state index >= 15 is 0 Å². The molecule has 0 aliphatic carbocycles. The molecule has 1 spiro atoms. The van der Waals surface area contributed by atoms with Crippen LogP contribution < -0.4 is 15.4 Å². The van der Waals surface area contributed by atoms with Gasteiger partial charge in [-0.25, -0.2) is 0 Å². The van der Waals surface area contributed by atoms with Crippen molar-refractivity contribution in [2.24, 2.45) is 0 Å². The van der Waals surface area contributed by atoms with E-state index in [0.29, 0.717) is 30.8 Å². The van der Waals surface area contributed by atoms with Crippen molar-refractivity contribution in [2.45, 2.75) is 37.6 Å². The number of piperidine rings is 1.